The molecule has 4 atom stereocenters. The molecule has 0 aromatic heterocycles. The van der Waals surface area contributed by atoms with Crippen LogP contribution in [0.25, 0.3) is 0 Å². The number of alkyl halides is 3. The van der Waals surface area contributed by atoms with E-state index in [0.717, 1.165) is 95.9 Å². The van der Waals surface area contributed by atoms with Crippen molar-refractivity contribution < 1.29 is 54.0 Å². The Morgan fingerprint density at radius 2 is 0.465 bits per heavy atom. The molecule has 86 heavy (non-hydrogen) atoms. The van der Waals surface area contributed by atoms with Gasteiger partial charge in [-0.3, -0.25) is 20.0 Å². The van der Waals surface area contributed by atoms with Crippen LogP contribution in [0.1, 0.15) is 284 Å². The molecule has 6 rings (SSSR count). The SMILES string of the molecule is CC(C)(C)c1cc(C=N[C@@H]2CCCC[C@H]2N=Cc2cc(C(C)(C)C)cc(C(C)(C)C)c2[O-])c([O-])c(C(C)(C)C)c1.CC(C)(C)c1cc(C=N[C@@H]2CCCC[C@H]2N=Cc2cc(C(C)(C)C)cc(C(C)(C)C)c2[O-])c([O-])c(C(C)(C)C)c1.ClC(Cl)Cl.[Co+2].[Co+2]. The molecular weight excluding hydrogens is 1220 g/mol. The van der Waals surface area contributed by atoms with E-state index in [9.17, 15) is 20.4 Å². The van der Waals surface area contributed by atoms with Gasteiger partial charge in [0.1, 0.15) is 0 Å². The van der Waals surface area contributed by atoms with Crippen LogP contribution in [0.5, 0.6) is 23.0 Å². The van der Waals surface area contributed by atoms with Gasteiger partial charge in [0.2, 0.25) is 0 Å². The van der Waals surface area contributed by atoms with Crippen LogP contribution in [0.4, 0.5) is 0 Å². The Hall–Kier alpha value is -3.36. The molecule has 4 aromatic rings. The van der Waals surface area contributed by atoms with E-state index in [2.05, 4.69) is 190 Å². The largest absolute Gasteiger partial charge is 2.00 e. The van der Waals surface area contributed by atoms with Crippen LogP contribution in [0.3, 0.4) is 0 Å². The fourth-order valence-corrected chi connectivity index (χ4v) is 10.5. The van der Waals surface area contributed by atoms with Crippen LogP contribution in [-0.2, 0) is 76.9 Å². The summed E-state index contributed by atoms with van der Waals surface area (Å²) in [6, 6.07) is 16.3. The second-order valence-corrected chi connectivity index (χ2v) is 33.9. The smallest absolute Gasteiger partial charge is 0.872 e. The summed E-state index contributed by atoms with van der Waals surface area (Å²) in [5, 5.41) is 53.9. The minimum Gasteiger partial charge on any atom is -0.872 e. The van der Waals surface area contributed by atoms with Crippen molar-refractivity contribution in [3.05, 3.63) is 115 Å². The number of halogens is 3. The van der Waals surface area contributed by atoms with Crippen LogP contribution in [0.2, 0.25) is 0 Å². The molecular formula is C73H105Cl3Co2N4O4. The molecule has 2 fully saturated rings. The van der Waals surface area contributed by atoms with Crippen LogP contribution < -0.4 is 20.4 Å². The van der Waals surface area contributed by atoms with Gasteiger partial charge in [-0.05, 0) is 136 Å². The van der Waals surface area contributed by atoms with Gasteiger partial charge >= 0.3 is 33.6 Å². The molecule has 2 radical (unpaired) electrons. The topological polar surface area (TPSA) is 142 Å². The standard InChI is InChI=1S/2C36H54N2O2.CHCl3.2Co/c2*1-33(2,3)25-17-23(31(39)27(19-25)35(7,8)9)21-37-29-15-13-14-16-30(29)38-22-24-18-26(34(4,5)6)20-28(32(24)40)36(10,11)12;2-1(3)4;;/h2*17-22,29-30,39-40H,13-16H2,1-12H3;1H;;/q;;;2*+2/p-4/t2*29-,30-;;;/m11.../s1. The number of rotatable bonds is 8. The zero-order valence-electron chi connectivity index (χ0n) is 56.7. The molecule has 0 N–H and O–H groups in total. The van der Waals surface area contributed by atoms with E-state index in [1.165, 1.54) is 0 Å². The second-order valence-electron chi connectivity index (χ2n) is 32.0. The van der Waals surface area contributed by atoms with Gasteiger partial charge in [-0.25, -0.2) is 0 Å². The summed E-state index contributed by atoms with van der Waals surface area (Å²) in [6.45, 7) is 51.2. The first kappa shape index (κ1) is 78.7. The molecule has 13 heteroatoms. The predicted molar refractivity (Wildman–Crippen MR) is 357 cm³/mol. The average molecular weight is 1330 g/mol. The molecule has 2 saturated carbocycles. The summed E-state index contributed by atoms with van der Waals surface area (Å²) in [7, 11) is 0. The summed E-state index contributed by atoms with van der Waals surface area (Å²) < 4.78 is -0.750. The van der Waals surface area contributed by atoms with Crippen molar-refractivity contribution in [2.45, 2.75) is 289 Å². The van der Waals surface area contributed by atoms with Crippen molar-refractivity contribution in [3.8, 4) is 23.0 Å². The third-order valence-corrected chi connectivity index (χ3v) is 16.2. The van der Waals surface area contributed by atoms with Crippen molar-refractivity contribution in [2.24, 2.45) is 20.0 Å². The van der Waals surface area contributed by atoms with Gasteiger partial charge in [0.15, 0.2) is 4.30 Å². The Bertz CT molecular complexity index is 2600. The minimum absolute atomic E-state index is 0. The fraction of sp³-hybridized carbons (Fsp3) is 0.616. The first-order chi connectivity index (χ1) is 38.1. The molecule has 2 aliphatic carbocycles. The molecule has 0 heterocycles. The summed E-state index contributed by atoms with van der Waals surface area (Å²) in [6.07, 6.45) is 15.3. The first-order valence-corrected chi connectivity index (χ1v) is 31.9. The van der Waals surface area contributed by atoms with Gasteiger partial charge in [0, 0.05) is 24.9 Å². The molecule has 0 amide bonds. The summed E-state index contributed by atoms with van der Waals surface area (Å²) in [4.78, 5) is 19.9. The Balaban J connectivity index is 0.000000540. The monoisotopic (exact) mass is 1320 g/mol. The maximum Gasteiger partial charge on any atom is 2.00 e. The quantitative estimate of drug-likeness (QED) is 0.128. The minimum atomic E-state index is -0.750. The number of hydrogen-bond acceptors (Lipinski definition) is 8. The van der Waals surface area contributed by atoms with Crippen LogP contribution in [0.15, 0.2) is 68.5 Å². The van der Waals surface area contributed by atoms with Crippen molar-refractivity contribution >= 4 is 59.7 Å². The second kappa shape index (κ2) is 30.6. The van der Waals surface area contributed by atoms with E-state index in [-0.39, 0.29) is 124 Å². The predicted octanol–water partition coefficient (Wildman–Crippen LogP) is 17.7. The third kappa shape index (κ3) is 22.5. The third-order valence-electron chi connectivity index (χ3n) is 16.2. The van der Waals surface area contributed by atoms with E-state index in [0.29, 0.717) is 22.3 Å². The molecule has 0 aliphatic heterocycles. The normalized spacial score (nSPS) is 18.7. The number of benzene rings is 4. The summed E-state index contributed by atoms with van der Waals surface area (Å²) >= 11 is 14.4. The first-order valence-electron chi connectivity index (χ1n) is 30.6. The van der Waals surface area contributed by atoms with Gasteiger partial charge in [-0.2, -0.15) is 0 Å². The van der Waals surface area contributed by atoms with Crippen molar-refractivity contribution in [1.29, 1.82) is 0 Å². The fourth-order valence-electron chi connectivity index (χ4n) is 10.5. The zero-order valence-corrected chi connectivity index (χ0v) is 61.0. The van der Waals surface area contributed by atoms with E-state index in [1.54, 1.807) is 24.9 Å². The van der Waals surface area contributed by atoms with Gasteiger partial charge in [0.05, 0.1) is 24.2 Å². The van der Waals surface area contributed by atoms with Gasteiger partial charge < -0.3 is 20.4 Å². The van der Waals surface area contributed by atoms with Crippen molar-refractivity contribution in [3.63, 3.8) is 0 Å². The van der Waals surface area contributed by atoms with Gasteiger partial charge in [-0.1, -0.05) is 298 Å². The maximum atomic E-state index is 13.5. The Labute approximate surface area is 557 Å². The summed E-state index contributed by atoms with van der Waals surface area (Å²) in [5.74, 6) is 0.240. The van der Waals surface area contributed by atoms with E-state index in [4.69, 9.17) is 54.8 Å². The van der Waals surface area contributed by atoms with Gasteiger partial charge in [0.25, 0.3) is 0 Å². The van der Waals surface area contributed by atoms with Crippen LogP contribution in [0, 0.1) is 0 Å². The van der Waals surface area contributed by atoms with E-state index in [1.807, 2.05) is 24.3 Å². The number of nitrogens with zero attached hydrogens (tertiary/aromatic N) is 4. The summed E-state index contributed by atoms with van der Waals surface area (Å²) in [5.41, 5.74) is 9.24. The van der Waals surface area contributed by atoms with Crippen LogP contribution >= 0.6 is 34.8 Å². The van der Waals surface area contributed by atoms with E-state index >= 15 is 0 Å². The molecule has 2 aliphatic rings. The number of aliphatic imine (C=N–C) groups is 4. The Morgan fingerprint density at radius 3 is 0.593 bits per heavy atom. The molecule has 0 bridgehead atoms. The Morgan fingerprint density at radius 1 is 0.314 bits per heavy atom. The maximum absolute atomic E-state index is 13.5. The molecule has 8 nitrogen and oxygen atoms in total. The Kier molecular flexibility index (Phi) is 28.1. The molecule has 480 valence electrons. The van der Waals surface area contributed by atoms with Gasteiger partial charge in [-0.15, -0.1) is 0 Å². The van der Waals surface area contributed by atoms with Crippen molar-refractivity contribution in [2.75, 3.05) is 0 Å². The van der Waals surface area contributed by atoms with Crippen molar-refractivity contribution in [1.82, 2.24) is 0 Å². The van der Waals surface area contributed by atoms with E-state index < -0.39 is 4.30 Å². The molecule has 0 saturated heterocycles. The zero-order chi connectivity index (χ0) is 64.1. The average Bonchev–Trinajstić information content (AvgIpc) is 2.21. The van der Waals surface area contributed by atoms with Crippen LogP contribution in [-0.4, -0.2) is 53.3 Å². The number of hydrogen-bond donors (Lipinski definition) is 0. The molecule has 0 unspecified atom stereocenters. The molecule has 4 aromatic carbocycles. The molecule has 0 spiro atoms.